The Morgan fingerprint density at radius 2 is 1.84 bits per heavy atom. The number of hydrogen-bond acceptors (Lipinski definition) is 6. The minimum absolute atomic E-state index is 0.269. The van der Waals surface area contributed by atoms with Crippen molar-refractivity contribution in [1.82, 2.24) is 14.9 Å². The number of methoxy groups -OCH3 is 2. The van der Waals surface area contributed by atoms with Crippen molar-refractivity contribution in [1.29, 1.82) is 0 Å². The zero-order valence-electron chi connectivity index (χ0n) is 20.4. The lowest BCUT2D eigenvalue weighted by Gasteiger charge is -2.29. The predicted molar refractivity (Wildman–Crippen MR) is 139 cm³/mol. The fourth-order valence-corrected chi connectivity index (χ4v) is 4.81. The molecule has 0 spiro atoms. The summed E-state index contributed by atoms with van der Waals surface area (Å²) in [6, 6.07) is 18.1. The number of aliphatic imine (C=N–C) groups is 1. The number of imidazole rings is 1. The molecule has 0 amide bonds. The molecule has 1 aromatic heterocycles. The number of rotatable bonds is 5. The summed E-state index contributed by atoms with van der Waals surface area (Å²) < 4.78 is 33.1. The smallest absolute Gasteiger partial charge is 0.136 e. The standard InChI is InChI=1S/C29H25FN4O3/c1-35-22-15-24(36-2)26-25(16-22)37-14-11-23-27(18-5-9-21(10-6-18)34-13-12-31-17-34)32-29(33-28(23)26)19-3-7-20(30)8-4-19/h3-10,12-13,15-17,27H,11,14H2,1-2H3,(H,32,33). The number of halogens is 1. The van der Waals surface area contributed by atoms with E-state index in [9.17, 15) is 4.39 Å². The summed E-state index contributed by atoms with van der Waals surface area (Å²) in [7, 11) is 3.24. The van der Waals surface area contributed by atoms with Crippen molar-refractivity contribution in [2.45, 2.75) is 12.5 Å². The molecule has 0 saturated heterocycles. The fraction of sp³-hybridized carbons (Fsp3) is 0.172. The number of amidine groups is 1. The van der Waals surface area contributed by atoms with Crippen molar-refractivity contribution in [3.05, 3.63) is 107 Å². The number of fused-ring (bicyclic) bond motifs is 2. The largest absolute Gasteiger partial charge is 0.496 e. The molecule has 8 heteroatoms. The summed E-state index contributed by atoms with van der Waals surface area (Å²) in [5, 5.41) is 3.53. The molecule has 186 valence electrons. The highest BCUT2D eigenvalue weighted by atomic mass is 19.1. The lowest BCUT2D eigenvalue weighted by molar-refractivity contribution is 0.315. The lowest BCUT2D eigenvalue weighted by Crippen LogP contribution is -2.30. The van der Waals surface area contributed by atoms with Crippen LogP contribution in [-0.2, 0) is 0 Å². The van der Waals surface area contributed by atoms with Crippen LogP contribution in [0.1, 0.15) is 29.2 Å². The fourth-order valence-electron chi connectivity index (χ4n) is 4.81. The van der Waals surface area contributed by atoms with Crippen LogP contribution in [-0.4, -0.2) is 36.2 Å². The molecule has 2 aliphatic rings. The van der Waals surface area contributed by atoms with Crippen molar-refractivity contribution in [3.8, 4) is 22.9 Å². The van der Waals surface area contributed by atoms with Gasteiger partial charge in [0.2, 0.25) is 0 Å². The Balaban J connectivity index is 1.51. The van der Waals surface area contributed by atoms with E-state index in [4.69, 9.17) is 19.2 Å². The molecule has 7 nitrogen and oxygen atoms in total. The van der Waals surface area contributed by atoms with E-state index >= 15 is 0 Å². The van der Waals surface area contributed by atoms with E-state index in [-0.39, 0.29) is 11.9 Å². The summed E-state index contributed by atoms with van der Waals surface area (Å²) in [5.41, 5.74) is 5.61. The Morgan fingerprint density at radius 1 is 1.03 bits per heavy atom. The average Bonchev–Trinajstić information content (AvgIpc) is 3.41. The summed E-state index contributed by atoms with van der Waals surface area (Å²) in [4.78, 5) is 9.26. The van der Waals surface area contributed by atoms with Crippen molar-refractivity contribution < 1.29 is 18.6 Å². The molecule has 6 rings (SSSR count). The number of aromatic nitrogens is 2. The Labute approximate surface area is 213 Å². The molecular weight excluding hydrogens is 471 g/mol. The zero-order valence-corrected chi connectivity index (χ0v) is 20.4. The summed E-state index contributed by atoms with van der Waals surface area (Å²) >= 11 is 0. The number of benzene rings is 3. The van der Waals surface area contributed by atoms with E-state index in [1.807, 2.05) is 22.9 Å². The molecule has 4 aromatic rings. The second-order valence-electron chi connectivity index (χ2n) is 8.78. The first-order valence-corrected chi connectivity index (χ1v) is 12.0. The van der Waals surface area contributed by atoms with Crippen molar-refractivity contribution in [2.75, 3.05) is 20.8 Å². The van der Waals surface area contributed by atoms with Crippen LogP contribution >= 0.6 is 0 Å². The van der Waals surface area contributed by atoms with Gasteiger partial charge in [-0.3, -0.25) is 4.99 Å². The first kappa shape index (κ1) is 22.8. The first-order chi connectivity index (χ1) is 18.1. The maximum atomic E-state index is 13.7. The van der Waals surface area contributed by atoms with Gasteiger partial charge >= 0.3 is 0 Å². The van der Waals surface area contributed by atoms with Gasteiger partial charge in [0, 0.05) is 42.2 Å². The topological polar surface area (TPSA) is 69.9 Å². The monoisotopic (exact) mass is 496 g/mol. The summed E-state index contributed by atoms with van der Waals surface area (Å²) in [5.74, 6) is 2.30. The van der Waals surface area contributed by atoms with E-state index in [0.29, 0.717) is 36.1 Å². The van der Waals surface area contributed by atoms with E-state index in [1.54, 1.807) is 38.9 Å². The molecule has 0 saturated carbocycles. The van der Waals surface area contributed by atoms with Crippen molar-refractivity contribution in [2.24, 2.45) is 4.99 Å². The Hall–Kier alpha value is -4.59. The molecule has 37 heavy (non-hydrogen) atoms. The number of nitrogens with zero attached hydrogens (tertiary/aromatic N) is 3. The molecule has 0 bridgehead atoms. The van der Waals surface area contributed by atoms with Crippen molar-refractivity contribution >= 4 is 11.5 Å². The highest BCUT2D eigenvalue weighted by molar-refractivity contribution is 6.06. The van der Waals surface area contributed by atoms with Gasteiger partial charge in [-0.2, -0.15) is 0 Å². The molecule has 1 N–H and O–H groups in total. The third kappa shape index (κ3) is 4.20. The molecule has 3 heterocycles. The van der Waals surface area contributed by atoms with Crippen LogP contribution in [0.25, 0.3) is 11.4 Å². The van der Waals surface area contributed by atoms with E-state index in [2.05, 4.69) is 34.6 Å². The van der Waals surface area contributed by atoms with Crippen LogP contribution in [0.4, 0.5) is 4.39 Å². The second-order valence-corrected chi connectivity index (χ2v) is 8.78. The minimum atomic E-state index is -0.298. The lowest BCUT2D eigenvalue weighted by atomic mass is 9.90. The zero-order chi connectivity index (χ0) is 25.4. The van der Waals surface area contributed by atoms with E-state index in [0.717, 1.165) is 33.6 Å². The third-order valence-corrected chi connectivity index (χ3v) is 6.66. The van der Waals surface area contributed by atoms with Crippen LogP contribution in [0.2, 0.25) is 0 Å². The highest BCUT2D eigenvalue weighted by Crippen LogP contribution is 2.46. The van der Waals surface area contributed by atoms with Gasteiger partial charge in [0.15, 0.2) is 0 Å². The Kier molecular flexibility index (Phi) is 5.84. The average molecular weight is 497 g/mol. The molecule has 0 aliphatic carbocycles. The van der Waals surface area contributed by atoms with Gasteiger partial charge in [0.1, 0.15) is 34.9 Å². The van der Waals surface area contributed by atoms with Gasteiger partial charge in [0.25, 0.3) is 0 Å². The Morgan fingerprint density at radius 3 is 2.54 bits per heavy atom. The number of nitrogens with one attached hydrogen (secondary N) is 1. The van der Waals surface area contributed by atoms with Crippen LogP contribution in [0.3, 0.4) is 0 Å². The van der Waals surface area contributed by atoms with Crippen LogP contribution in [0.15, 0.2) is 90.0 Å². The first-order valence-electron chi connectivity index (χ1n) is 12.0. The molecule has 3 aromatic carbocycles. The van der Waals surface area contributed by atoms with Gasteiger partial charge in [-0.05, 0) is 47.5 Å². The van der Waals surface area contributed by atoms with Gasteiger partial charge < -0.3 is 24.1 Å². The third-order valence-electron chi connectivity index (χ3n) is 6.66. The maximum absolute atomic E-state index is 13.7. The number of hydrogen-bond donors (Lipinski definition) is 1. The normalized spacial score (nSPS) is 16.5. The van der Waals surface area contributed by atoms with Crippen LogP contribution < -0.4 is 19.5 Å². The van der Waals surface area contributed by atoms with Crippen LogP contribution in [0.5, 0.6) is 17.2 Å². The van der Waals surface area contributed by atoms with E-state index in [1.165, 1.54) is 12.1 Å². The van der Waals surface area contributed by atoms with Gasteiger partial charge in [0.05, 0.1) is 38.4 Å². The molecule has 1 unspecified atom stereocenters. The Bertz CT molecular complexity index is 1490. The van der Waals surface area contributed by atoms with Gasteiger partial charge in [-0.25, -0.2) is 9.37 Å². The summed E-state index contributed by atoms with van der Waals surface area (Å²) in [6.45, 7) is 0.481. The van der Waals surface area contributed by atoms with E-state index < -0.39 is 0 Å². The SMILES string of the molecule is COc1cc(OC)c2c(c1)OCCC1=C2NC(c2ccc(F)cc2)=NC1c1ccc(-n2ccnc2)cc1. The maximum Gasteiger partial charge on any atom is 0.136 e. The molecule has 2 aliphatic heterocycles. The van der Waals surface area contributed by atoms with Crippen LogP contribution in [0, 0.1) is 5.82 Å². The predicted octanol–water partition coefficient (Wildman–Crippen LogP) is 5.31. The minimum Gasteiger partial charge on any atom is -0.496 e. The molecule has 0 radical (unpaired) electrons. The van der Waals surface area contributed by atoms with Crippen molar-refractivity contribution in [3.63, 3.8) is 0 Å². The quantitative estimate of drug-likeness (QED) is 0.405. The van der Waals surface area contributed by atoms with Gasteiger partial charge in [-0.1, -0.05) is 12.1 Å². The second kappa shape index (κ2) is 9.46. The number of ether oxygens (including phenoxy) is 3. The van der Waals surface area contributed by atoms with Gasteiger partial charge in [-0.15, -0.1) is 0 Å². The highest BCUT2D eigenvalue weighted by Gasteiger charge is 2.32. The summed E-state index contributed by atoms with van der Waals surface area (Å²) in [6.07, 6.45) is 6.09. The molecular formula is C29H25FN4O3. The molecule has 0 fully saturated rings. The molecule has 1 atom stereocenters.